The van der Waals surface area contributed by atoms with E-state index in [9.17, 15) is 4.79 Å². The maximum atomic E-state index is 9.18. The second-order valence-electron chi connectivity index (χ2n) is 3.07. The summed E-state index contributed by atoms with van der Waals surface area (Å²) in [5.41, 5.74) is 0.741. The van der Waals surface area contributed by atoms with Crippen LogP contribution >= 0.6 is 24.0 Å². The van der Waals surface area contributed by atoms with Gasteiger partial charge in [0.1, 0.15) is 22.7 Å². The van der Waals surface area contributed by atoms with Crippen molar-refractivity contribution in [2.75, 3.05) is 13.7 Å². The minimum Gasteiger partial charge on any atom is -0.494 e. The lowest BCUT2D eigenvalue weighted by atomic mass is 10.2. The number of carbonyl (C=O) groups is 1. The first-order chi connectivity index (χ1) is 8.74. The van der Waals surface area contributed by atoms with Crippen LogP contribution in [0.3, 0.4) is 0 Å². The van der Waals surface area contributed by atoms with E-state index in [4.69, 9.17) is 16.3 Å². The minimum atomic E-state index is 0. The molecule has 19 heavy (non-hydrogen) atoms. The molecule has 104 valence electrons. The fourth-order valence-corrected chi connectivity index (χ4v) is 1.46. The highest BCUT2D eigenvalue weighted by molar-refractivity contribution is 6.34. The molecule has 1 aromatic heterocycles. The highest BCUT2D eigenvalue weighted by atomic mass is 35.5. The number of ether oxygens (including phenoxy) is 2. The summed E-state index contributed by atoms with van der Waals surface area (Å²) in [5.74, 6) is 0.710. The Morgan fingerprint density at radius 1 is 1.37 bits per heavy atom. The molecule has 0 aliphatic carbocycles. The SMILES string of the molecule is CCOC=O.COc1cccc2c(Cl)ncnc12.Cl. The van der Waals surface area contributed by atoms with Gasteiger partial charge < -0.3 is 9.47 Å². The Hall–Kier alpha value is -1.59. The van der Waals surface area contributed by atoms with Gasteiger partial charge in [0, 0.05) is 5.39 Å². The first kappa shape index (κ1) is 17.4. The molecule has 0 saturated carbocycles. The Labute approximate surface area is 122 Å². The fraction of sp³-hybridized carbons (Fsp3) is 0.250. The van der Waals surface area contributed by atoms with E-state index in [0.29, 0.717) is 24.0 Å². The number of halogens is 2. The van der Waals surface area contributed by atoms with Crippen molar-refractivity contribution in [3.8, 4) is 5.75 Å². The number of carbonyl (C=O) groups excluding carboxylic acids is 1. The molecule has 0 N–H and O–H groups in total. The molecule has 0 saturated heterocycles. The van der Waals surface area contributed by atoms with Crippen molar-refractivity contribution in [1.29, 1.82) is 0 Å². The average molecular weight is 305 g/mol. The quantitative estimate of drug-likeness (QED) is 0.644. The Morgan fingerprint density at radius 2 is 2.11 bits per heavy atom. The van der Waals surface area contributed by atoms with E-state index in [0.717, 1.165) is 10.9 Å². The molecule has 0 bridgehead atoms. The van der Waals surface area contributed by atoms with Crippen LogP contribution in [-0.2, 0) is 9.53 Å². The standard InChI is InChI=1S/C9H7ClN2O.C3H6O2.ClH/c1-13-7-4-2-3-6-8(7)11-5-12-9(6)10;1-2-5-3-4;/h2-5H,1H3;3H,2H2,1H3;1H. The monoisotopic (exact) mass is 304 g/mol. The van der Waals surface area contributed by atoms with Crippen LogP contribution in [0.2, 0.25) is 5.15 Å². The lowest BCUT2D eigenvalue weighted by Gasteiger charge is -2.03. The third-order valence-corrected chi connectivity index (χ3v) is 2.33. The second kappa shape index (κ2) is 9.35. The van der Waals surface area contributed by atoms with Crippen LogP contribution < -0.4 is 4.74 Å². The average Bonchev–Trinajstić information content (AvgIpc) is 2.40. The zero-order valence-corrected chi connectivity index (χ0v) is 12.1. The Balaban J connectivity index is 0.000000471. The van der Waals surface area contributed by atoms with Crippen molar-refractivity contribution in [3.05, 3.63) is 29.7 Å². The normalized spacial score (nSPS) is 8.79. The largest absolute Gasteiger partial charge is 0.494 e. The topological polar surface area (TPSA) is 61.3 Å². The first-order valence-corrected chi connectivity index (χ1v) is 5.60. The third-order valence-electron chi connectivity index (χ3n) is 2.03. The lowest BCUT2D eigenvalue weighted by Crippen LogP contribution is -1.88. The van der Waals surface area contributed by atoms with Gasteiger partial charge in [0.25, 0.3) is 6.47 Å². The molecule has 0 fully saturated rings. The van der Waals surface area contributed by atoms with Gasteiger partial charge in [0.2, 0.25) is 0 Å². The van der Waals surface area contributed by atoms with Crippen LogP contribution in [0.25, 0.3) is 10.9 Å². The van der Waals surface area contributed by atoms with Crippen molar-refractivity contribution in [2.24, 2.45) is 0 Å². The highest BCUT2D eigenvalue weighted by Gasteiger charge is 2.04. The van der Waals surface area contributed by atoms with Gasteiger partial charge in [-0.3, -0.25) is 4.79 Å². The molecule has 0 radical (unpaired) electrons. The molecule has 0 aliphatic heterocycles. The maximum Gasteiger partial charge on any atom is 0.293 e. The molecular formula is C12H14Cl2N2O3. The van der Waals surface area contributed by atoms with E-state index in [2.05, 4.69) is 14.7 Å². The molecule has 0 spiro atoms. The molecule has 0 unspecified atom stereocenters. The van der Waals surface area contributed by atoms with Crippen LogP contribution in [0.1, 0.15) is 6.92 Å². The summed E-state index contributed by atoms with van der Waals surface area (Å²) >= 11 is 5.88. The number of rotatable bonds is 3. The van der Waals surface area contributed by atoms with Crippen molar-refractivity contribution in [2.45, 2.75) is 6.92 Å². The number of hydrogen-bond acceptors (Lipinski definition) is 5. The van der Waals surface area contributed by atoms with E-state index >= 15 is 0 Å². The Kier molecular flexibility index (Phi) is 8.57. The summed E-state index contributed by atoms with van der Waals surface area (Å²) < 4.78 is 9.29. The van der Waals surface area contributed by atoms with Crippen LogP contribution in [0.5, 0.6) is 5.75 Å². The van der Waals surface area contributed by atoms with Gasteiger partial charge in [-0.2, -0.15) is 0 Å². The predicted molar refractivity (Wildman–Crippen MR) is 76.0 cm³/mol. The summed E-state index contributed by atoms with van der Waals surface area (Å²) in [5, 5.41) is 1.26. The van der Waals surface area contributed by atoms with Crippen molar-refractivity contribution < 1.29 is 14.3 Å². The lowest BCUT2D eigenvalue weighted by molar-refractivity contribution is -0.128. The van der Waals surface area contributed by atoms with Crippen LogP contribution in [0.15, 0.2) is 24.5 Å². The number of para-hydroxylation sites is 1. The molecule has 5 nitrogen and oxygen atoms in total. The van der Waals surface area contributed by atoms with Crippen LogP contribution in [0, 0.1) is 0 Å². The van der Waals surface area contributed by atoms with E-state index in [-0.39, 0.29) is 12.4 Å². The van der Waals surface area contributed by atoms with Gasteiger partial charge in [0.05, 0.1) is 13.7 Å². The zero-order valence-electron chi connectivity index (χ0n) is 10.5. The highest BCUT2D eigenvalue weighted by Crippen LogP contribution is 2.26. The molecule has 2 rings (SSSR count). The van der Waals surface area contributed by atoms with E-state index in [1.54, 1.807) is 14.0 Å². The Bertz CT molecular complexity index is 523. The number of nitrogens with zero attached hydrogens (tertiary/aromatic N) is 2. The van der Waals surface area contributed by atoms with Crippen molar-refractivity contribution >= 4 is 41.4 Å². The van der Waals surface area contributed by atoms with Crippen LogP contribution in [0.4, 0.5) is 0 Å². The van der Waals surface area contributed by atoms with Gasteiger partial charge in [-0.1, -0.05) is 17.7 Å². The van der Waals surface area contributed by atoms with Crippen molar-refractivity contribution in [1.82, 2.24) is 9.97 Å². The molecule has 7 heteroatoms. The summed E-state index contributed by atoms with van der Waals surface area (Å²) in [4.78, 5) is 17.2. The van der Waals surface area contributed by atoms with E-state index in [1.165, 1.54) is 6.33 Å². The second-order valence-corrected chi connectivity index (χ2v) is 3.43. The minimum absolute atomic E-state index is 0. The van der Waals surface area contributed by atoms with E-state index < -0.39 is 0 Å². The zero-order chi connectivity index (χ0) is 13.4. The number of aromatic nitrogens is 2. The van der Waals surface area contributed by atoms with Gasteiger partial charge in [-0.05, 0) is 19.1 Å². The predicted octanol–water partition coefficient (Wildman–Crippen LogP) is 2.89. The summed E-state index contributed by atoms with van der Waals surface area (Å²) in [6.45, 7) is 2.66. The third kappa shape index (κ3) is 4.89. The number of methoxy groups -OCH3 is 1. The maximum absolute atomic E-state index is 9.18. The molecule has 1 aromatic carbocycles. The fourth-order valence-electron chi connectivity index (χ4n) is 1.26. The summed E-state index contributed by atoms with van der Waals surface area (Å²) in [6, 6.07) is 5.56. The van der Waals surface area contributed by atoms with Gasteiger partial charge in [-0.25, -0.2) is 9.97 Å². The molecule has 2 aromatic rings. The van der Waals surface area contributed by atoms with Gasteiger partial charge in [-0.15, -0.1) is 12.4 Å². The number of hydrogen-bond donors (Lipinski definition) is 0. The van der Waals surface area contributed by atoms with Crippen LogP contribution in [-0.4, -0.2) is 30.2 Å². The number of benzene rings is 1. The molecule has 0 amide bonds. The first-order valence-electron chi connectivity index (χ1n) is 5.23. The Morgan fingerprint density at radius 3 is 2.63 bits per heavy atom. The molecule has 1 heterocycles. The molecule has 0 aliphatic rings. The van der Waals surface area contributed by atoms with Gasteiger partial charge >= 0.3 is 0 Å². The van der Waals surface area contributed by atoms with Gasteiger partial charge in [0.15, 0.2) is 0 Å². The van der Waals surface area contributed by atoms with E-state index in [1.807, 2.05) is 18.2 Å². The smallest absolute Gasteiger partial charge is 0.293 e. The summed E-state index contributed by atoms with van der Waals surface area (Å²) in [6.07, 6.45) is 1.42. The number of fused-ring (bicyclic) bond motifs is 1. The van der Waals surface area contributed by atoms with Crippen molar-refractivity contribution in [3.63, 3.8) is 0 Å². The summed E-state index contributed by atoms with van der Waals surface area (Å²) in [7, 11) is 1.60. The molecular weight excluding hydrogens is 291 g/mol. The molecule has 0 atom stereocenters.